The fourth-order valence-corrected chi connectivity index (χ4v) is 2.67. The van der Waals surface area contributed by atoms with Crippen molar-refractivity contribution in [2.45, 2.75) is 18.0 Å². The first-order valence-electron chi connectivity index (χ1n) is 5.85. The first kappa shape index (κ1) is 15.5. The Hall–Kier alpha value is -1.90. The van der Waals surface area contributed by atoms with Crippen LogP contribution in [0.15, 0.2) is 41.6 Å². The minimum Gasteiger partial charge on any atom is -0.480 e. The standard InChI is InChI=1S/C12H12ClN3O4S/c13-10-3-1-9(2-4-10)5-15-21(19,20)11-6-14-16(7-11)8-12(17)18/h1-4,6-7,15H,5,8H2,(H,17,18). The van der Waals surface area contributed by atoms with Crippen LogP contribution in [0.1, 0.15) is 5.56 Å². The quantitative estimate of drug-likeness (QED) is 0.826. The lowest BCUT2D eigenvalue weighted by atomic mass is 10.2. The van der Waals surface area contributed by atoms with Gasteiger partial charge in [0.1, 0.15) is 11.4 Å². The van der Waals surface area contributed by atoms with Crippen molar-refractivity contribution in [3.8, 4) is 0 Å². The maximum Gasteiger partial charge on any atom is 0.325 e. The Morgan fingerprint density at radius 1 is 1.33 bits per heavy atom. The van der Waals surface area contributed by atoms with Gasteiger partial charge in [-0.2, -0.15) is 5.10 Å². The number of benzene rings is 1. The van der Waals surface area contributed by atoms with Crippen molar-refractivity contribution >= 4 is 27.6 Å². The van der Waals surface area contributed by atoms with Gasteiger partial charge in [-0.1, -0.05) is 23.7 Å². The first-order valence-corrected chi connectivity index (χ1v) is 7.71. The summed E-state index contributed by atoms with van der Waals surface area (Å²) in [6, 6.07) is 6.74. The molecule has 0 saturated heterocycles. The number of carbonyl (C=O) groups is 1. The molecule has 2 N–H and O–H groups in total. The molecule has 0 fully saturated rings. The van der Waals surface area contributed by atoms with Crippen LogP contribution in [0, 0.1) is 0 Å². The molecule has 7 nitrogen and oxygen atoms in total. The summed E-state index contributed by atoms with van der Waals surface area (Å²) in [6.45, 7) is -0.295. The van der Waals surface area contributed by atoms with E-state index in [-0.39, 0.29) is 11.4 Å². The summed E-state index contributed by atoms with van der Waals surface area (Å²) in [4.78, 5) is 10.4. The van der Waals surface area contributed by atoms with E-state index >= 15 is 0 Å². The first-order chi connectivity index (χ1) is 9.87. The Labute approximate surface area is 126 Å². The van der Waals surface area contributed by atoms with E-state index < -0.39 is 22.5 Å². The maximum absolute atomic E-state index is 12.0. The number of hydrogen-bond acceptors (Lipinski definition) is 4. The Balaban J connectivity index is 2.06. The van der Waals surface area contributed by atoms with E-state index in [1.807, 2.05) is 0 Å². The molecule has 2 aromatic rings. The molecule has 0 spiro atoms. The Morgan fingerprint density at radius 3 is 2.62 bits per heavy atom. The molecule has 21 heavy (non-hydrogen) atoms. The highest BCUT2D eigenvalue weighted by molar-refractivity contribution is 7.89. The van der Waals surface area contributed by atoms with E-state index in [1.54, 1.807) is 24.3 Å². The summed E-state index contributed by atoms with van der Waals surface area (Å²) >= 11 is 5.74. The zero-order chi connectivity index (χ0) is 15.5. The molecular weight excluding hydrogens is 318 g/mol. The van der Waals surface area contributed by atoms with Gasteiger partial charge < -0.3 is 5.11 Å². The summed E-state index contributed by atoms with van der Waals surface area (Å²) in [5.74, 6) is -1.10. The van der Waals surface area contributed by atoms with Crippen molar-refractivity contribution < 1.29 is 18.3 Å². The SMILES string of the molecule is O=C(O)Cn1cc(S(=O)(=O)NCc2ccc(Cl)cc2)cn1. The van der Waals surface area contributed by atoms with Gasteiger partial charge in [0, 0.05) is 17.8 Å². The predicted molar refractivity (Wildman–Crippen MR) is 75.3 cm³/mol. The molecule has 1 aromatic heterocycles. The molecule has 2 rings (SSSR count). The highest BCUT2D eigenvalue weighted by Gasteiger charge is 2.16. The van der Waals surface area contributed by atoms with E-state index in [0.29, 0.717) is 5.02 Å². The van der Waals surface area contributed by atoms with Crippen molar-refractivity contribution in [3.05, 3.63) is 47.2 Å². The largest absolute Gasteiger partial charge is 0.480 e. The summed E-state index contributed by atoms with van der Waals surface area (Å²) < 4.78 is 27.5. The van der Waals surface area contributed by atoms with Crippen LogP contribution in [-0.2, 0) is 27.9 Å². The number of halogens is 1. The smallest absolute Gasteiger partial charge is 0.325 e. The van der Waals surface area contributed by atoms with Crippen LogP contribution >= 0.6 is 11.6 Å². The van der Waals surface area contributed by atoms with Crippen LogP contribution < -0.4 is 4.72 Å². The van der Waals surface area contributed by atoms with Crippen molar-refractivity contribution in [1.82, 2.24) is 14.5 Å². The number of carboxylic acids is 1. The van der Waals surface area contributed by atoms with Crippen molar-refractivity contribution in [1.29, 1.82) is 0 Å². The van der Waals surface area contributed by atoms with Crippen molar-refractivity contribution in [3.63, 3.8) is 0 Å². The van der Waals surface area contributed by atoms with E-state index in [0.717, 1.165) is 22.6 Å². The van der Waals surface area contributed by atoms with Gasteiger partial charge in [-0.15, -0.1) is 0 Å². The molecule has 1 aromatic carbocycles. The third kappa shape index (κ3) is 4.28. The van der Waals surface area contributed by atoms with Crippen LogP contribution in [-0.4, -0.2) is 29.3 Å². The molecule has 1 heterocycles. The van der Waals surface area contributed by atoms with Crippen LogP contribution in [0.4, 0.5) is 0 Å². The van der Waals surface area contributed by atoms with E-state index in [1.165, 1.54) is 0 Å². The van der Waals surface area contributed by atoms with Crippen molar-refractivity contribution in [2.75, 3.05) is 0 Å². The Bertz CT molecular complexity index is 740. The number of aromatic nitrogens is 2. The van der Waals surface area contributed by atoms with Crippen molar-refractivity contribution in [2.24, 2.45) is 0 Å². The van der Waals surface area contributed by atoms with Gasteiger partial charge in [-0.05, 0) is 17.7 Å². The highest BCUT2D eigenvalue weighted by atomic mass is 35.5. The molecule has 0 radical (unpaired) electrons. The topological polar surface area (TPSA) is 101 Å². The minimum atomic E-state index is -3.74. The molecule has 0 saturated carbocycles. The summed E-state index contributed by atoms with van der Waals surface area (Å²) in [7, 11) is -3.74. The number of aliphatic carboxylic acids is 1. The van der Waals surface area contributed by atoms with Gasteiger partial charge >= 0.3 is 5.97 Å². The van der Waals surface area contributed by atoms with Crippen LogP contribution in [0.2, 0.25) is 5.02 Å². The average Bonchev–Trinajstić information content (AvgIpc) is 2.86. The molecule has 0 atom stereocenters. The molecule has 0 aliphatic heterocycles. The molecule has 0 amide bonds. The van der Waals surface area contributed by atoms with E-state index in [4.69, 9.17) is 16.7 Å². The molecule has 0 bridgehead atoms. The van der Waals surface area contributed by atoms with Gasteiger partial charge in [-0.25, -0.2) is 13.1 Å². The number of nitrogens with zero attached hydrogens (tertiary/aromatic N) is 2. The van der Waals surface area contributed by atoms with E-state index in [2.05, 4.69) is 9.82 Å². The van der Waals surface area contributed by atoms with E-state index in [9.17, 15) is 13.2 Å². The zero-order valence-corrected chi connectivity index (χ0v) is 12.3. The predicted octanol–water partition coefficient (Wildman–Crippen LogP) is 1.10. The maximum atomic E-state index is 12.0. The Morgan fingerprint density at radius 2 is 2.00 bits per heavy atom. The second-order valence-electron chi connectivity index (χ2n) is 4.22. The number of hydrogen-bond donors (Lipinski definition) is 2. The third-order valence-corrected chi connectivity index (χ3v) is 4.20. The summed E-state index contributed by atoms with van der Waals surface area (Å²) in [6.07, 6.45) is 2.27. The molecule has 112 valence electrons. The second kappa shape index (κ2) is 6.25. The molecular formula is C12H12ClN3O4S. The normalized spacial score (nSPS) is 11.5. The summed E-state index contributed by atoms with van der Waals surface area (Å²) in [5, 5.41) is 12.9. The number of carboxylic acid groups (broad SMARTS) is 1. The fourth-order valence-electron chi connectivity index (χ4n) is 1.57. The Kier molecular flexibility index (Phi) is 4.61. The van der Waals surface area contributed by atoms with Gasteiger partial charge in [0.05, 0.1) is 6.20 Å². The molecule has 0 unspecified atom stereocenters. The third-order valence-electron chi connectivity index (χ3n) is 2.60. The van der Waals surface area contributed by atoms with Gasteiger partial charge in [0.15, 0.2) is 0 Å². The average molecular weight is 330 g/mol. The summed E-state index contributed by atoms with van der Waals surface area (Å²) in [5.41, 5.74) is 0.751. The van der Waals surface area contributed by atoms with Crippen LogP contribution in [0.5, 0.6) is 0 Å². The minimum absolute atomic E-state index is 0.0855. The van der Waals surface area contributed by atoms with Gasteiger partial charge in [0.25, 0.3) is 0 Å². The number of sulfonamides is 1. The molecule has 0 aliphatic carbocycles. The molecule has 0 aliphatic rings. The van der Waals surface area contributed by atoms with Crippen LogP contribution in [0.3, 0.4) is 0 Å². The lowest BCUT2D eigenvalue weighted by Gasteiger charge is -2.04. The number of nitrogens with one attached hydrogen (secondary N) is 1. The molecule has 9 heteroatoms. The lowest BCUT2D eigenvalue weighted by Crippen LogP contribution is -2.22. The highest BCUT2D eigenvalue weighted by Crippen LogP contribution is 2.11. The zero-order valence-electron chi connectivity index (χ0n) is 10.7. The van der Waals surface area contributed by atoms with Gasteiger partial charge in [-0.3, -0.25) is 9.48 Å². The monoisotopic (exact) mass is 329 g/mol. The second-order valence-corrected chi connectivity index (χ2v) is 6.42. The lowest BCUT2D eigenvalue weighted by molar-refractivity contribution is -0.137. The van der Waals surface area contributed by atoms with Gasteiger partial charge in [0.2, 0.25) is 10.0 Å². The fraction of sp³-hybridized carbons (Fsp3) is 0.167. The number of rotatable bonds is 6. The van der Waals surface area contributed by atoms with Crippen LogP contribution in [0.25, 0.3) is 0 Å².